The minimum absolute atomic E-state index is 0.0853. The van der Waals surface area contributed by atoms with Gasteiger partial charge in [-0.3, -0.25) is 14.4 Å². The molecule has 0 bridgehead atoms. The van der Waals surface area contributed by atoms with Gasteiger partial charge in [0.15, 0.2) is 5.78 Å². The summed E-state index contributed by atoms with van der Waals surface area (Å²) in [5.41, 5.74) is 5.04. The molecule has 3 aromatic rings. The highest BCUT2D eigenvalue weighted by Crippen LogP contribution is 2.35. The lowest BCUT2D eigenvalue weighted by molar-refractivity contribution is -0.142. The molecule has 0 aromatic heterocycles. The number of carbonyl (C=O) groups excluding carboxylic acids is 2. The summed E-state index contributed by atoms with van der Waals surface area (Å²) in [6, 6.07) is 22.6. The Morgan fingerprint density at radius 3 is 1.97 bits per heavy atom. The molecule has 5 heteroatoms. The van der Waals surface area contributed by atoms with E-state index in [1.807, 2.05) is 60.7 Å². The maximum absolute atomic E-state index is 12.8. The van der Waals surface area contributed by atoms with Gasteiger partial charge in [0.05, 0.1) is 5.92 Å². The Morgan fingerprint density at radius 2 is 1.37 bits per heavy atom. The van der Waals surface area contributed by atoms with Gasteiger partial charge < -0.3 is 10.4 Å². The number of carboxylic acid groups (broad SMARTS) is 1. The van der Waals surface area contributed by atoms with Crippen LogP contribution in [0.25, 0.3) is 11.1 Å². The zero-order valence-electron chi connectivity index (χ0n) is 20.0. The highest BCUT2D eigenvalue weighted by atomic mass is 16.4. The number of hydrogen-bond donors (Lipinski definition) is 2. The van der Waals surface area contributed by atoms with Gasteiger partial charge in [0.2, 0.25) is 0 Å². The van der Waals surface area contributed by atoms with E-state index < -0.39 is 17.8 Å². The number of aliphatic carboxylic acids is 1. The van der Waals surface area contributed by atoms with E-state index in [-0.39, 0.29) is 11.7 Å². The fourth-order valence-corrected chi connectivity index (χ4v) is 4.76. The van der Waals surface area contributed by atoms with Crippen molar-refractivity contribution in [2.45, 2.75) is 45.4 Å². The summed E-state index contributed by atoms with van der Waals surface area (Å²) in [5.74, 6) is -2.13. The smallest absolute Gasteiger partial charge is 0.307 e. The van der Waals surface area contributed by atoms with Crippen LogP contribution in [0.5, 0.6) is 0 Å². The van der Waals surface area contributed by atoms with Crippen LogP contribution in [0.4, 0.5) is 5.69 Å². The second kappa shape index (κ2) is 11.1. The third-order valence-corrected chi connectivity index (χ3v) is 6.85. The molecule has 1 aliphatic rings. The standard InChI is InChI=1S/C30H31NO4/c1-2-3-5-20-8-10-24(11-9-20)29(33)31-25-18-16-22(17-19-25)21-12-14-23(15-13-21)28(32)26-6-4-7-27(26)30(34)35/h8-19,26-27H,2-7H2,1H3,(H,31,33)(H,34,35)/t26-,27-/m0/s1. The predicted octanol–water partition coefficient (Wildman–Crippen LogP) is 6.63. The van der Waals surface area contributed by atoms with E-state index in [1.165, 1.54) is 5.56 Å². The summed E-state index contributed by atoms with van der Waals surface area (Å²) in [4.78, 5) is 36.9. The third-order valence-electron chi connectivity index (χ3n) is 6.85. The topological polar surface area (TPSA) is 83.5 Å². The molecular weight excluding hydrogens is 438 g/mol. The average Bonchev–Trinajstić information content (AvgIpc) is 3.38. The lowest BCUT2D eigenvalue weighted by atomic mass is 9.88. The van der Waals surface area contributed by atoms with Crippen LogP contribution in [0.15, 0.2) is 72.8 Å². The van der Waals surface area contributed by atoms with Crippen molar-refractivity contribution in [1.29, 1.82) is 0 Å². The second-order valence-electron chi connectivity index (χ2n) is 9.26. The molecule has 5 nitrogen and oxygen atoms in total. The molecule has 3 aromatic carbocycles. The SMILES string of the molecule is CCCCc1ccc(C(=O)Nc2ccc(-c3ccc(C(=O)[C@H]4CCC[C@@H]4C(=O)O)cc3)cc2)cc1. The number of hydrogen-bond acceptors (Lipinski definition) is 3. The highest BCUT2D eigenvalue weighted by molar-refractivity contribution is 6.04. The molecule has 1 saturated carbocycles. The van der Waals surface area contributed by atoms with Crippen molar-refractivity contribution >= 4 is 23.3 Å². The third kappa shape index (κ3) is 5.86. The van der Waals surface area contributed by atoms with Crippen LogP contribution < -0.4 is 5.32 Å². The van der Waals surface area contributed by atoms with Crippen LogP contribution >= 0.6 is 0 Å². The highest BCUT2D eigenvalue weighted by Gasteiger charge is 2.37. The zero-order chi connectivity index (χ0) is 24.8. The van der Waals surface area contributed by atoms with E-state index >= 15 is 0 Å². The van der Waals surface area contributed by atoms with E-state index in [9.17, 15) is 19.5 Å². The lowest BCUT2D eigenvalue weighted by Gasteiger charge is -2.14. The van der Waals surface area contributed by atoms with Crippen LogP contribution in [0, 0.1) is 11.8 Å². The second-order valence-corrected chi connectivity index (χ2v) is 9.26. The maximum atomic E-state index is 12.8. The molecule has 2 N–H and O–H groups in total. The minimum atomic E-state index is -0.881. The Morgan fingerprint density at radius 1 is 0.800 bits per heavy atom. The quantitative estimate of drug-likeness (QED) is 0.345. The first-order chi connectivity index (χ1) is 17.0. The molecule has 0 heterocycles. The number of anilines is 1. The molecule has 2 atom stereocenters. The molecule has 180 valence electrons. The monoisotopic (exact) mass is 469 g/mol. The summed E-state index contributed by atoms with van der Waals surface area (Å²) in [6.07, 6.45) is 5.29. The van der Waals surface area contributed by atoms with Crippen LogP contribution in [0.3, 0.4) is 0 Å². The summed E-state index contributed by atoms with van der Waals surface area (Å²) < 4.78 is 0. The Bertz CT molecular complexity index is 1180. The van der Waals surface area contributed by atoms with Gasteiger partial charge in [0.1, 0.15) is 0 Å². The molecule has 0 saturated heterocycles. The molecular formula is C30H31NO4. The number of rotatable bonds is 9. The van der Waals surface area contributed by atoms with Crippen LogP contribution in [0.2, 0.25) is 0 Å². The van der Waals surface area contributed by atoms with Gasteiger partial charge in [-0.05, 0) is 66.6 Å². The first kappa shape index (κ1) is 24.4. The molecule has 1 aliphatic carbocycles. The summed E-state index contributed by atoms with van der Waals surface area (Å²) in [7, 11) is 0. The number of unbranched alkanes of at least 4 members (excludes halogenated alkanes) is 1. The Labute approximate surface area is 206 Å². The molecule has 0 aliphatic heterocycles. The van der Waals surface area contributed by atoms with E-state index in [2.05, 4.69) is 12.2 Å². The van der Waals surface area contributed by atoms with E-state index in [4.69, 9.17) is 0 Å². The van der Waals surface area contributed by atoms with E-state index in [0.29, 0.717) is 29.7 Å². The van der Waals surface area contributed by atoms with Crippen molar-refractivity contribution in [3.63, 3.8) is 0 Å². The fraction of sp³-hybridized carbons (Fsp3) is 0.300. The molecule has 1 amide bonds. The van der Waals surface area contributed by atoms with Gasteiger partial charge in [-0.25, -0.2) is 0 Å². The number of nitrogens with one attached hydrogen (secondary N) is 1. The Kier molecular flexibility index (Phi) is 7.76. The Balaban J connectivity index is 1.38. The van der Waals surface area contributed by atoms with Gasteiger partial charge in [-0.1, -0.05) is 68.3 Å². The fourth-order valence-electron chi connectivity index (χ4n) is 4.76. The molecule has 0 unspecified atom stereocenters. The zero-order valence-corrected chi connectivity index (χ0v) is 20.0. The molecule has 35 heavy (non-hydrogen) atoms. The molecule has 1 fully saturated rings. The maximum Gasteiger partial charge on any atom is 0.307 e. The van der Waals surface area contributed by atoms with Crippen molar-refractivity contribution < 1.29 is 19.5 Å². The lowest BCUT2D eigenvalue weighted by Crippen LogP contribution is -2.25. The normalized spacial score (nSPS) is 17.2. The number of ketones is 1. The number of Topliss-reactive ketones (excluding diaryl/α,β-unsaturated/α-hetero) is 1. The predicted molar refractivity (Wildman–Crippen MR) is 138 cm³/mol. The van der Waals surface area contributed by atoms with Gasteiger partial charge >= 0.3 is 5.97 Å². The van der Waals surface area contributed by atoms with Gasteiger partial charge in [-0.15, -0.1) is 0 Å². The van der Waals surface area contributed by atoms with Gasteiger partial charge in [0.25, 0.3) is 5.91 Å². The summed E-state index contributed by atoms with van der Waals surface area (Å²) in [6.45, 7) is 2.16. The molecule has 0 radical (unpaired) electrons. The number of carboxylic acids is 1. The molecule has 4 rings (SSSR count). The largest absolute Gasteiger partial charge is 0.481 e. The van der Waals surface area contributed by atoms with Crippen molar-refractivity contribution in [1.82, 2.24) is 0 Å². The first-order valence-electron chi connectivity index (χ1n) is 12.3. The molecule has 0 spiro atoms. The van der Waals surface area contributed by atoms with Crippen molar-refractivity contribution in [2.75, 3.05) is 5.32 Å². The van der Waals surface area contributed by atoms with Gasteiger partial charge in [-0.2, -0.15) is 0 Å². The number of amides is 1. The Hall–Kier alpha value is -3.73. The van der Waals surface area contributed by atoms with Crippen LogP contribution in [0.1, 0.15) is 65.3 Å². The van der Waals surface area contributed by atoms with Crippen molar-refractivity contribution in [2.24, 2.45) is 11.8 Å². The van der Waals surface area contributed by atoms with E-state index in [0.717, 1.165) is 36.8 Å². The minimum Gasteiger partial charge on any atom is -0.481 e. The van der Waals surface area contributed by atoms with Crippen molar-refractivity contribution in [3.05, 3.63) is 89.5 Å². The number of aryl methyl sites for hydroxylation is 1. The van der Waals surface area contributed by atoms with E-state index in [1.54, 1.807) is 12.1 Å². The summed E-state index contributed by atoms with van der Waals surface area (Å²) >= 11 is 0. The van der Waals surface area contributed by atoms with Crippen LogP contribution in [-0.2, 0) is 11.2 Å². The van der Waals surface area contributed by atoms with Crippen LogP contribution in [-0.4, -0.2) is 22.8 Å². The average molecular weight is 470 g/mol. The van der Waals surface area contributed by atoms with Crippen molar-refractivity contribution in [3.8, 4) is 11.1 Å². The summed E-state index contributed by atoms with van der Waals surface area (Å²) in [5, 5.41) is 12.3. The first-order valence-corrected chi connectivity index (χ1v) is 12.3. The number of carbonyl (C=O) groups is 3. The van der Waals surface area contributed by atoms with Gasteiger partial charge in [0, 0.05) is 22.7 Å². The number of benzene rings is 3.